The first-order valence-corrected chi connectivity index (χ1v) is 10.5. The van der Waals surface area contributed by atoms with Crippen molar-refractivity contribution in [1.82, 2.24) is 0 Å². The second kappa shape index (κ2) is 9.52. The van der Waals surface area contributed by atoms with Crippen LogP contribution >= 0.6 is 0 Å². The standard InChI is InChI=1S/C15H28O6S2/c1-14(2,12(16)17)6-10-22(20)8-5-9-23(21)11-7-15(3,4)13(18)19/h5-11H2,1-4H3,(H,16,17)(H,18,19). The summed E-state index contributed by atoms with van der Waals surface area (Å²) in [5.74, 6) is -0.392. The molecule has 0 bridgehead atoms. The van der Waals surface area contributed by atoms with Gasteiger partial charge in [0.15, 0.2) is 0 Å². The van der Waals surface area contributed by atoms with Gasteiger partial charge in [0, 0.05) is 44.6 Å². The van der Waals surface area contributed by atoms with E-state index in [1.807, 2.05) is 0 Å². The van der Waals surface area contributed by atoms with Crippen LogP contribution < -0.4 is 0 Å². The smallest absolute Gasteiger partial charge is 0.309 e. The first-order chi connectivity index (χ1) is 10.4. The predicted molar refractivity (Wildman–Crippen MR) is 92.4 cm³/mol. The molecule has 0 saturated carbocycles. The van der Waals surface area contributed by atoms with Gasteiger partial charge in [0.2, 0.25) is 0 Å². The molecule has 23 heavy (non-hydrogen) atoms. The van der Waals surface area contributed by atoms with E-state index in [1.165, 1.54) is 0 Å². The third-order valence-electron chi connectivity index (χ3n) is 3.81. The monoisotopic (exact) mass is 368 g/mol. The Kier molecular flexibility index (Phi) is 9.20. The number of carboxylic acids is 2. The molecule has 0 aliphatic carbocycles. The van der Waals surface area contributed by atoms with Crippen LogP contribution in [-0.4, -0.2) is 53.6 Å². The lowest BCUT2D eigenvalue weighted by molar-refractivity contribution is -0.147. The van der Waals surface area contributed by atoms with Crippen LogP contribution in [0.15, 0.2) is 0 Å². The van der Waals surface area contributed by atoms with E-state index in [1.54, 1.807) is 27.7 Å². The quantitative estimate of drug-likeness (QED) is 0.544. The lowest BCUT2D eigenvalue weighted by atomic mass is 9.91. The highest BCUT2D eigenvalue weighted by atomic mass is 32.2. The highest BCUT2D eigenvalue weighted by Gasteiger charge is 2.28. The Balaban J connectivity index is 3.98. The van der Waals surface area contributed by atoms with Crippen LogP contribution in [0.5, 0.6) is 0 Å². The lowest BCUT2D eigenvalue weighted by Gasteiger charge is -2.18. The Bertz CT molecular complexity index is 429. The van der Waals surface area contributed by atoms with Gasteiger partial charge in [0.05, 0.1) is 10.8 Å². The average Bonchev–Trinajstić information content (AvgIpc) is 2.43. The molecule has 0 rings (SSSR count). The summed E-state index contributed by atoms with van der Waals surface area (Å²) in [5.41, 5.74) is -1.78. The van der Waals surface area contributed by atoms with E-state index in [0.29, 0.717) is 42.3 Å². The van der Waals surface area contributed by atoms with Crippen molar-refractivity contribution in [2.24, 2.45) is 10.8 Å². The minimum Gasteiger partial charge on any atom is -0.481 e. The van der Waals surface area contributed by atoms with Crippen molar-refractivity contribution < 1.29 is 28.2 Å². The average molecular weight is 369 g/mol. The molecule has 0 amide bonds. The van der Waals surface area contributed by atoms with E-state index in [4.69, 9.17) is 10.2 Å². The van der Waals surface area contributed by atoms with Gasteiger partial charge in [0.25, 0.3) is 0 Å². The van der Waals surface area contributed by atoms with Crippen LogP contribution in [0.4, 0.5) is 0 Å². The van der Waals surface area contributed by atoms with E-state index < -0.39 is 44.4 Å². The SMILES string of the molecule is CC(C)(CCS(=O)CCCS(=O)CCC(C)(C)C(=O)O)C(=O)O. The Morgan fingerprint density at radius 2 is 1.04 bits per heavy atom. The lowest BCUT2D eigenvalue weighted by Crippen LogP contribution is -2.26. The molecule has 0 aliphatic heterocycles. The third kappa shape index (κ3) is 9.20. The maximum atomic E-state index is 11.8. The molecule has 0 radical (unpaired) electrons. The highest BCUT2D eigenvalue weighted by molar-refractivity contribution is 7.85. The zero-order valence-corrected chi connectivity index (χ0v) is 15.9. The molecule has 0 heterocycles. The molecule has 2 atom stereocenters. The summed E-state index contributed by atoms with van der Waals surface area (Å²) in [4.78, 5) is 21.9. The van der Waals surface area contributed by atoms with Crippen molar-refractivity contribution in [2.45, 2.75) is 47.0 Å². The molecule has 8 heteroatoms. The Hall–Kier alpha value is -0.760. The molecular formula is C15H28O6S2. The topological polar surface area (TPSA) is 109 Å². The van der Waals surface area contributed by atoms with Gasteiger partial charge in [-0.25, -0.2) is 0 Å². The molecule has 2 N–H and O–H groups in total. The number of carboxylic acid groups (broad SMARTS) is 2. The third-order valence-corrected chi connectivity index (χ3v) is 6.62. The summed E-state index contributed by atoms with van der Waals surface area (Å²) in [5, 5.41) is 18.0. The number of hydrogen-bond donors (Lipinski definition) is 2. The summed E-state index contributed by atoms with van der Waals surface area (Å²) >= 11 is 0. The van der Waals surface area contributed by atoms with Crippen LogP contribution in [0, 0.1) is 10.8 Å². The van der Waals surface area contributed by atoms with E-state index >= 15 is 0 Å². The maximum Gasteiger partial charge on any atom is 0.309 e. The van der Waals surface area contributed by atoms with Crippen molar-refractivity contribution >= 4 is 33.5 Å². The summed E-state index contributed by atoms with van der Waals surface area (Å²) in [7, 11) is -2.24. The number of carbonyl (C=O) groups is 2. The molecule has 0 spiro atoms. The second-order valence-corrected chi connectivity index (χ2v) is 10.3. The zero-order valence-electron chi connectivity index (χ0n) is 14.3. The van der Waals surface area contributed by atoms with Gasteiger partial charge >= 0.3 is 11.9 Å². The number of hydrogen-bond acceptors (Lipinski definition) is 4. The van der Waals surface area contributed by atoms with Crippen molar-refractivity contribution in [1.29, 1.82) is 0 Å². The van der Waals surface area contributed by atoms with Gasteiger partial charge in [0.1, 0.15) is 0 Å². The molecule has 0 aromatic carbocycles. The van der Waals surface area contributed by atoms with E-state index in [2.05, 4.69) is 0 Å². The molecule has 0 aromatic rings. The summed E-state index contributed by atoms with van der Waals surface area (Å²) in [6, 6.07) is 0. The van der Waals surface area contributed by atoms with Crippen LogP contribution in [0.3, 0.4) is 0 Å². The minimum absolute atomic E-state index is 0.317. The Labute approximate surface area is 143 Å². The van der Waals surface area contributed by atoms with Gasteiger partial charge in [-0.1, -0.05) is 0 Å². The highest BCUT2D eigenvalue weighted by Crippen LogP contribution is 2.21. The van der Waals surface area contributed by atoms with Crippen molar-refractivity contribution in [3.63, 3.8) is 0 Å². The predicted octanol–water partition coefficient (Wildman–Crippen LogP) is 1.88. The number of rotatable bonds is 12. The second-order valence-electron chi connectivity index (χ2n) is 6.93. The molecule has 0 fully saturated rings. The first kappa shape index (κ1) is 22.2. The van der Waals surface area contributed by atoms with Crippen molar-refractivity contribution in [2.75, 3.05) is 23.0 Å². The van der Waals surface area contributed by atoms with E-state index in [-0.39, 0.29) is 0 Å². The molecule has 0 aromatic heterocycles. The van der Waals surface area contributed by atoms with Crippen LogP contribution in [0.25, 0.3) is 0 Å². The molecule has 136 valence electrons. The first-order valence-electron chi connectivity index (χ1n) is 7.55. The van der Waals surface area contributed by atoms with Gasteiger partial charge in [-0.2, -0.15) is 0 Å². The normalized spacial score (nSPS) is 15.1. The fraction of sp³-hybridized carbons (Fsp3) is 0.867. The Morgan fingerprint density at radius 1 is 0.739 bits per heavy atom. The Morgan fingerprint density at radius 3 is 1.30 bits per heavy atom. The van der Waals surface area contributed by atoms with Gasteiger partial charge in [-0.3, -0.25) is 18.0 Å². The van der Waals surface area contributed by atoms with E-state index in [9.17, 15) is 18.0 Å². The largest absolute Gasteiger partial charge is 0.481 e. The zero-order chi connectivity index (χ0) is 18.3. The fourth-order valence-corrected chi connectivity index (χ4v) is 4.54. The number of aliphatic carboxylic acids is 2. The van der Waals surface area contributed by atoms with Gasteiger partial charge in [-0.15, -0.1) is 0 Å². The van der Waals surface area contributed by atoms with Crippen LogP contribution in [0.1, 0.15) is 47.0 Å². The molecule has 0 aliphatic rings. The summed E-state index contributed by atoms with van der Waals surface area (Å²) in [6.45, 7) is 6.41. The summed E-state index contributed by atoms with van der Waals surface area (Å²) < 4.78 is 23.7. The minimum atomic E-state index is -1.12. The summed E-state index contributed by atoms with van der Waals surface area (Å²) in [6.07, 6.45) is 1.20. The molecule has 2 unspecified atom stereocenters. The van der Waals surface area contributed by atoms with Gasteiger partial charge < -0.3 is 10.2 Å². The fourth-order valence-electron chi connectivity index (χ4n) is 1.54. The van der Waals surface area contributed by atoms with Crippen molar-refractivity contribution in [3.8, 4) is 0 Å². The maximum absolute atomic E-state index is 11.8. The van der Waals surface area contributed by atoms with Crippen LogP contribution in [-0.2, 0) is 31.2 Å². The molecular weight excluding hydrogens is 340 g/mol. The molecule has 6 nitrogen and oxygen atoms in total. The van der Waals surface area contributed by atoms with Gasteiger partial charge in [-0.05, 0) is 47.0 Å². The molecule has 0 saturated heterocycles. The van der Waals surface area contributed by atoms with Crippen LogP contribution in [0.2, 0.25) is 0 Å². The van der Waals surface area contributed by atoms with E-state index in [0.717, 1.165) is 0 Å². The van der Waals surface area contributed by atoms with Crippen molar-refractivity contribution in [3.05, 3.63) is 0 Å².